The van der Waals surface area contributed by atoms with Gasteiger partial charge in [0.2, 0.25) is 0 Å². The average molecular weight is 258 g/mol. The predicted molar refractivity (Wildman–Crippen MR) is 85.9 cm³/mol. The van der Waals surface area contributed by atoms with E-state index in [2.05, 4.69) is 85.8 Å². The van der Waals surface area contributed by atoms with Crippen molar-refractivity contribution in [2.45, 2.75) is 13.3 Å². The number of benzene rings is 3. The highest BCUT2D eigenvalue weighted by Crippen LogP contribution is 2.22. The third-order valence-electron chi connectivity index (χ3n) is 3.53. The molecule has 0 radical (unpaired) electrons. The average Bonchev–Trinajstić information content (AvgIpc) is 2.49. The van der Waals surface area contributed by atoms with Crippen molar-refractivity contribution in [3.8, 4) is 11.1 Å². The van der Waals surface area contributed by atoms with E-state index < -0.39 is 0 Å². The third-order valence-corrected chi connectivity index (χ3v) is 3.53. The van der Waals surface area contributed by atoms with Gasteiger partial charge in [-0.15, -0.1) is 0 Å². The SMILES string of the molecule is Cc1cccc(-c2cccc(Cc3ccccc3)c2)c1. The highest BCUT2D eigenvalue weighted by molar-refractivity contribution is 5.65. The van der Waals surface area contributed by atoms with Crippen LogP contribution in [0.15, 0.2) is 78.9 Å². The standard InChI is InChI=1S/C20H18/c1-16-7-5-11-19(13-16)20-12-6-10-18(15-20)14-17-8-3-2-4-9-17/h2-13,15H,14H2,1H3. The van der Waals surface area contributed by atoms with Crippen molar-refractivity contribution in [3.05, 3.63) is 95.6 Å². The van der Waals surface area contributed by atoms with E-state index in [1.165, 1.54) is 27.8 Å². The number of hydrogen-bond donors (Lipinski definition) is 0. The van der Waals surface area contributed by atoms with Crippen LogP contribution in [0.4, 0.5) is 0 Å². The van der Waals surface area contributed by atoms with Crippen LogP contribution in [0.25, 0.3) is 11.1 Å². The molecule has 0 atom stereocenters. The predicted octanol–water partition coefficient (Wildman–Crippen LogP) is 5.25. The molecule has 0 heteroatoms. The lowest BCUT2D eigenvalue weighted by Gasteiger charge is -2.07. The lowest BCUT2D eigenvalue weighted by Crippen LogP contribution is -1.88. The Hall–Kier alpha value is -2.34. The summed E-state index contributed by atoms with van der Waals surface area (Å²) in [5.74, 6) is 0. The Balaban J connectivity index is 1.90. The van der Waals surface area contributed by atoms with Gasteiger partial charge in [-0.1, -0.05) is 84.4 Å². The minimum atomic E-state index is 0.987. The monoisotopic (exact) mass is 258 g/mol. The van der Waals surface area contributed by atoms with Gasteiger partial charge in [0.1, 0.15) is 0 Å². The molecule has 0 saturated heterocycles. The largest absolute Gasteiger partial charge is 0.0622 e. The molecule has 3 aromatic carbocycles. The number of hydrogen-bond acceptors (Lipinski definition) is 0. The molecule has 0 aromatic heterocycles. The van der Waals surface area contributed by atoms with Crippen LogP contribution in [0.3, 0.4) is 0 Å². The van der Waals surface area contributed by atoms with Gasteiger partial charge in [0.05, 0.1) is 0 Å². The molecule has 0 saturated carbocycles. The Morgan fingerprint density at radius 2 is 1.25 bits per heavy atom. The van der Waals surface area contributed by atoms with Gasteiger partial charge in [0, 0.05) is 0 Å². The molecule has 0 amide bonds. The lowest BCUT2D eigenvalue weighted by atomic mass is 9.98. The maximum absolute atomic E-state index is 2.29. The molecule has 0 heterocycles. The summed E-state index contributed by atoms with van der Waals surface area (Å²) in [5, 5.41) is 0. The zero-order valence-electron chi connectivity index (χ0n) is 11.7. The Labute approximate surface area is 120 Å². The lowest BCUT2D eigenvalue weighted by molar-refractivity contribution is 1.19. The van der Waals surface area contributed by atoms with E-state index in [0.717, 1.165) is 6.42 Å². The summed E-state index contributed by atoms with van der Waals surface area (Å²) in [6.07, 6.45) is 0.987. The van der Waals surface area contributed by atoms with E-state index in [1.807, 2.05) is 0 Å². The fourth-order valence-corrected chi connectivity index (χ4v) is 2.52. The van der Waals surface area contributed by atoms with E-state index in [1.54, 1.807) is 0 Å². The summed E-state index contributed by atoms with van der Waals surface area (Å²) >= 11 is 0. The van der Waals surface area contributed by atoms with Crippen molar-refractivity contribution < 1.29 is 0 Å². The first-order chi connectivity index (χ1) is 9.81. The second-order valence-electron chi connectivity index (χ2n) is 5.23. The summed E-state index contributed by atoms with van der Waals surface area (Å²) < 4.78 is 0. The summed E-state index contributed by atoms with van der Waals surface area (Å²) in [6.45, 7) is 2.14. The molecule has 0 aliphatic carbocycles. The first kappa shape index (κ1) is 12.7. The number of aryl methyl sites for hydroxylation is 1. The van der Waals surface area contributed by atoms with Crippen LogP contribution in [0.1, 0.15) is 16.7 Å². The molecular weight excluding hydrogens is 240 g/mol. The third kappa shape index (κ3) is 2.97. The summed E-state index contributed by atoms with van der Waals surface area (Å²) in [7, 11) is 0. The van der Waals surface area contributed by atoms with Crippen molar-refractivity contribution in [1.82, 2.24) is 0 Å². The second-order valence-corrected chi connectivity index (χ2v) is 5.23. The molecule has 0 aliphatic heterocycles. The molecule has 0 fully saturated rings. The van der Waals surface area contributed by atoms with Crippen molar-refractivity contribution in [3.63, 3.8) is 0 Å². The van der Waals surface area contributed by atoms with E-state index in [4.69, 9.17) is 0 Å². The van der Waals surface area contributed by atoms with Crippen LogP contribution in [0.5, 0.6) is 0 Å². The molecule has 0 unspecified atom stereocenters. The molecule has 20 heavy (non-hydrogen) atoms. The molecule has 0 N–H and O–H groups in total. The first-order valence-electron chi connectivity index (χ1n) is 7.01. The number of rotatable bonds is 3. The first-order valence-corrected chi connectivity index (χ1v) is 7.01. The van der Waals surface area contributed by atoms with Gasteiger partial charge in [-0.05, 0) is 35.6 Å². The maximum atomic E-state index is 2.29. The van der Waals surface area contributed by atoms with Gasteiger partial charge in [0.15, 0.2) is 0 Å². The zero-order chi connectivity index (χ0) is 13.8. The maximum Gasteiger partial charge on any atom is -0.00256 e. The van der Waals surface area contributed by atoms with Gasteiger partial charge >= 0.3 is 0 Å². The van der Waals surface area contributed by atoms with Crippen LogP contribution in [-0.4, -0.2) is 0 Å². The Morgan fingerprint density at radius 1 is 0.600 bits per heavy atom. The molecular formula is C20H18. The second kappa shape index (κ2) is 5.75. The van der Waals surface area contributed by atoms with Gasteiger partial charge < -0.3 is 0 Å². The molecule has 0 bridgehead atoms. The molecule has 98 valence electrons. The Kier molecular flexibility index (Phi) is 3.64. The van der Waals surface area contributed by atoms with Crippen molar-refractivity contribution in [2.24, 2.45) is 0 Å². The normalized spacial score (nSPS) is 10.4. The van der Waals surface area contributed by atoms with E-state index in [-0.39, 0.29) is 0 Å². The fraction of sp³-hybridized carbons (Fsp3) is 0.100. The quantitative estimate of drug-likeness (QED) is 0.601. The van der Waals surface area contributed by atoms with E-state index in [0.29, 0.717) is 0 Å². The topological polar surface area (TPSA) is 0 Å². The van der Waals surface area contributed by atoms with E-state index >= 15 is 0 Å². The van der Waals surface area contributed by atoms with Gasteiger partial charge in [-0.3, -0.25) is 0 Å². The van der Waals surface area contributed by atoms with Crippen LogP contribution >= 0.6 is 0 Å². The smallest absolute Gasteiger partial charge is 0.00256 e. The molecule has 3 aromatic rings. The van der Waals surface area contributed by atoms with Gasteiger partial charge in [-0.2, -0.15) is 0 Å². The molecule has 3 rings (SSSR count). The Bertz CT molecular complexity index is 696. The minimum Gasteiger partial charge on any atom is -0.0622 e. The van der Waals surface area contributed by atoms with Crippen molar-refractivity contribution in [2.75, 3.05) is 0 Å². The fourth-order valence-electron chi connectivity index (χ4n) is 2.52. The van der Waals surface area contributed by atoms with Crippen LogP contribution < -0.4 is 0 Å². The summed E-state index contributed by atoms with van der Waals surface area (Å²) in [5.41, 5.74) is 6.60. The van der Waals surface area contributed by atoms with Crippen molar-refractivity contribution >= 4 is 0 Å². The van der Waals surface area contributed by atoms with Gasteiger partial charge in [-0.25, -0.2) is 0 Å². The summed E-state index contributed by atoms with van der Waals surface area (Å²) in [6, 6.07) is 28.1. The van der Waals surface area contributed by atoms with E-state index in [9.17, 15) is 0 Å². The Morgan fingerprint density at radius 3 is 2.00 bits per heavy atom. The van der Waals surface area contributed by atoms with Crippen LogP contribution in [0, 0.1) is 6.92 Å². The molecule has 0 spiro atoms. The minimum absolute atomic E-state index is 0.987. The van der Waals surface area contributed by atoms with Crippen LogP contribution in [-0.2, 0) is 6.42 Å². The zero-order valence-corrected chi connectivity index (χ0v) is 11.7. The van der Waals surface area contributed by atoms with Crippen LogP contribution in [0.2, 0.25) is 0 Å². The van der Waals surface area contributed by atoms with Crippen molar-refractivity contribution in [1.29, 1.82) is 0 Å². The summed E-state index contributed by atoms with van der Waals surface area (Å²) in [4.78, 5) is 0. The highest BCUT2D eigenvalue weighted by atomic mass is 14.1. The molecule has 0 nitrogen and oxygen atoms in total. The molecule has 0 aliphatic rings. The highest BCUT2D eigenvalue weighted by Gasteiger charge is 2.01. The van der Waals surface area contributed by atoms with Gasteiger partial charge in [0.25, 0.3) is 0 Å².